The highest BCUT2D eigenvalue weighted by Crippen LogP contribution is 2.14. The third-order valence-electron chi connectivity index (χ3n) is 2.32. The van der Waals surface area contributed by atoms with Crippen LogP contribution in [0, 0.1) is 11.3 Å². The average Bonchev–Trinajstić information content (AvgIpc) is 2.28. The van der Waals surface area contributed by atoms with Crippen molar-refractivity contribution in [2.24, 2.45) is 0 Å². The second kappa shape index (κ2) is 5.50. The average molecular weight is 204 g/mol. The van der Waals surface area contributed by atoms with Gasteiger partial charge in [0.25, 0.3) is 0 Å². The third-order valence-corrected chi connectivity index (χ3v) is 2.32. The number of nitrogens with zero attached hydrogens (tertiary/aromatic N) is 1. The topological polar surface area (TPSA) is 56.0 Å². The number of aliphatic hydroxyl groups is 1. The van der Waals surface area contributed by atoms with Crippen LogP contribution in [0.15, 0.2) is 24.3 Å². The quantitative estimate of drug-likeness (QED) is 0.783. The fourth-order valence-electron chi connectivity index (χ4n) is 1.45. The molecular formula is C12H16N2O. The van der Waals surface area contributed by atoms with Gasteiger partial charge in [-0.15, -0.1) is 0 Å². The molecule has 0 fully saturated rings. The van der Waals surface area contributed by atoms with Gasteiger partial charge in [-0.05, 0) is 31.5 Å². The van der Waals surface area contributed by atoms with E-state index in [-0.39, 0.29) is 18.7 Å². The highest BCUT2D eigenvalue weighted by atomic mass is 16.3. The summed E-state index contributed by atoms with van der Waals surface area (Å²) in [7, 11) is 0. The van der Waals surface area contributed by atoms with Crippen molar-refractivity contribution in [2.75, 3.05) is 6.61 Å². The van der Waals surface area contributed by atoms with E-state index < -0.39 is 0 Å². The zero-order valence-electron chi connectivity index (χ0n) is 9.07. The lowest BCUT2D eigenvalue weighted by molar-refractivity contribution is 0.243. The van der Waals surface area contributed by atoms with E-state index >= 15 is 0 Å². The summed E-state index contributed by atoms with van der Waals surface area (Å²) in [5.74, 6) is 0. The molecule has 15 heavy (non-hydrogen) atoms. The summed E-state index contributed by atoms with van der Waals surface area (Å²) in [4.78, 5) is 0. The molecule has 1 aromatic rings. The van der Waals surface area contributed by atoms with E-state index in [1.807, 2.05) is 32.0 Å². The van der Waals surface area contributed by atoms with Crippen LogP contribution in [0.3, 0.4) is 0 Å². The van der Waals surface area contributed by atoms with E-state index in [0.29, 0.717) is 5.56 Å². The number of hydrogen-bond acceptors (Lipinski definition) is 3. The van der Waals surface area contributed by atoms with E-state index in [1.165, 1.54) is 0 Å². The summed E-state index contributed by atoms with van der Waals surface area (Å²) in [6, 6.07) is 9.80. The zero-order valence-corrected chi connectivity index (χ0v) is 9.07. The number of nitriles is 1. The van der Waals surface area contributed by atoms with Gasteiger partial charge in [0, 0.05) is 12.1 Å². The first-order chi connectivity index (χ1) is 7.17. The van der Waals surface area contributed by atoms with Gasteiger partial charge in [-0.2, -0.15) is 5.26 Å². The van der Waals surface area contributed by atoms with E-state index in [2.05, 4.69) is 11.4 Å². The lowest BCUT2D eigenvalue weighted by atomic mass is 10.1. The number of aliphatic hydroxyl groups excluding tert-OH is 1. The molecule has 0 aliphatic heterocycles. The molecule has 0 aromatic heterocycles. The van der Waals surface area contributed by atoms with Crippen molar-refractivity contribution in [1.29, 1.82) is 5.26 Å². The van der Waals surface area contributed by atoms with Crippen LogP contribution in [0.5, 0.6) is 0 Å². The number of hydrogen-bond donors (Lipinski definition) is 2. The van der Waals surface area contributed by atoms with Crippen molar-refractivity contribution in [3.63, 3.8) is 0 Å². The predicted octanol–water partition coefficient (Wildman–Crippen LogP) is 1.59. The molecule has 2 N–H and O–H groups in total. The first-order valence-electron chi connectivity index (χ1n) is 5.04. The second-order valence-corrected chi connectivity index (χ2v) is 3.71. The summed E-state index contributed by atoms with van der Waals surface area (Å²) in [6.07, 6.45) is 0. The minimum Gasteiger partial charge on any atom is -0.395 e. The molecule has 0 aliphatic carbocycles. The maximum atomic E-state index is 8.92. The van der Waals surface area contributed by atoms with E-state index in [9.17, 15) is 0 Å². The minimum atomic E-state index is 0.0609. The molecule has 1 aromatic carbocycles. The Morgan fingerprint density at radius 1 is 1.47 bits per heavy atom. The standard InChI is InChI=1S/C12H16N2O/c1-9(8-15)14-10(2)12-5-3-4-11(6-12)7-13/h3-6,9-10,14-15H,8H2,1-2H3/t9-,10?/m0/s1. The van der Waals surface area contributed by atoms with Gasteiger partial charge in [0.15, 0.2) is 0 Å². The van der Waals surface area contributed by atoms with Gasteiger partial charge in [0.1, 0.15) is 0 Å². The molecule has 2 atom stereocenters. The fraction of sp³-hybridized carbons (Fsp3) is 0.417. The molecule has 1 rings (SSSR count). The second-order valence-electron chi connectivity index (χ2n) is 3.71. The van der Waals surface area contributed by atoms with Gasteiger partial charge < -0.3 is 10.4 Å². The van der Waals surface area contributed by atoms with Crippen LogP contribution in [0.2, 0.25) is 0 Å². The fourth-order valence-corrected chi connectivity index (χ4v) is 1.45. The van der Waals surface area contributed by atoms with E-state index in [1.54, 1.807) is 6.07 Å². The lowest BCUT2D eigenvalue weighted by Crippen LogP contribution is -2.31. The van der Waals surface area contributed by atoms with Crippen LogP contribution in [0.25, 0.3) is 0 Å². The normalized spacial score (nSPS) is 14.3. The molecule has 3 heteroatoms. The first kappa shape index (κ1) is 11.7. The van der Waals surface area contributed by atoms with Gasteiger partial charge in [0.2, 0.25) is 0 Å². The maximum absolute atomic E-state index is 8.92. The van der Waals surface area contributed by atoms with Gasteiger partial charge in [-0.25, -0.2) is 0 Å². The highest BCUT2D eigenvalue weighted by molar-refractivity contribution is 5.34. The first-order valence-corrected chi connectivity index (χ1v) is 5.04. The maximum Gasteiger partial charge on any atom is 0.0991 e. The van der Waals surface area contributed by atoms with Crippen molar-refractivity contribution in [3.8, 4) is 6.07 Å². The molecule has 80 valence electrons. The van der Waals surface area contributed by atoms with Crippen LogP contribution in [0.1, 0.15) is 31.0 Å². The van der Waals surface area contributed by atoms with Gasteiger partial charge in [-0.3, -0.25) is 0 Å². The summed E-state index contributed by atoms with van der Waals surface area (Å²) in [5, 5.41) is 20.9. The number of benzene rings is 1. The smallest absolute Gasteiger partial charge is 0.0991 e. The SMILES string of the molecule is CC(N[C@@H](C)CO)c1cccc(C#N)c1. The molecule has 0 bridgehead atoms. The van der Waals surface area contributed by atoms with Crippen molar-refractivity contribution in [1.82, 2.24) is 5.32 Å². The summed E-state index contributed by atoms with van der Waals surface area (Å²) in [6.45, 7) is 4.05. The molecular weight excluding hydrogens is 188 g/mol. The van der Waals surface area contributed by atoms with Crippen molar-refractivity contribution in [3.05, 3.63) is 35.4 Å². The lowest BCUT2D eigenvalue weighted by Gasteiger charge is -2.18. The molecule has 0 saturated carbocycles. The zero-order chi connectivity index (χ0) is 11.3. The number of rotatable bonds is 4. The molecule has 1 unspecified atom stereocenters. The molecule has 0 saturated heterocycles. The molecule has 3 nitrogen and oxygen atoms in total. The monoisotopic (exact) mass is 204 g/mol. The highest BCUT2D eigenvalue weighted by Gasteiger charge is 2.08. The van der Waals surface area contributed by atoms with Crippen LogP contribution < -0.4 is 5.32 Å². The van der Waals surface area contributed by atoms with Gasteiger partial charge in [-0.1, -0.05) is 12.1 Å². The summed E-state index contributed by atoms with van der Waals surface area (Å²) >= 11 is 0. The number of nitrogens with one attached hydrogen (secondary N) is 1. The predicted molar refractivity (Wildman–Crippen MR) is 59.3 cm³/mol. The molecule has 0 aliphatic rings. The Kier molecular flexibility index (Phi) is 4.29. The Labute approximate surface area is 90.4 Å². The molecule has 0 radical (unpaired) electrons. The van der Waals surface area contributed by atoms with Crippen molar-refractivity contribution >= 4 is 0 Å². The Morgan fingerprint density at radius 3 is 2.80 bits per heavy atom. The Balaban J connectivity index is 2.73. The molecule has 0 spiro atoms. The van der Waals surface area contributed by atoms with Crippen LogP contribution in [-0.2, 0) is 0 Å². The van der Waals surface area contributed by atoms with E-state index in [4.69, 9.17) is 10.4 Å². The minimum absolute atomic E-state index is 0.0609. The van der Waals surface area contributed by atoms with Gasteiger partial charge in [0.05, 0.1) is 18.2 Å². The molecule has 0 amide bonds. The van der Waals surface area contributed by atoms with Crippen molar-refractivity contribution < 1.29 is 5.11 Å². The Hall–Kier alpha value is -1.37. The largest absolute Gasteiger partial charge is 0.395 e. The summed E-state index contributed by atoms with van der Waals surface area (Å²) in [5.41, 5.74) is 1.73. The van der Waals surface area contributed by atoms with Gasteiger partial charge >= 0.3 is 0 Å². The van der Waals surface area contributed by atoms with Crippen LogP contribution in [0.4, 0.5) is 0 Å². The van der Waals surface area contributed by atoms with Crippen molar-refractivity contribution in [2.45, 2.75) is 25.9 Å². The summed E-state index contributed by atoms with van der Waals surface area (Å²) < 4.78 is 0. The Bertz CT molecular complexity index is 357. The molecule has 0 heterocycles. The van der Waals surface area contributed by atoms with Crippen LogP contribution >= 0.6 is 0 Å². The third kappa shape index (κ3) is 3.35. The van der Waals surface area contributed by atoms with Crippen LogP contribution in [-0.4, -0.2) is 17.8 Å². The Morgan fingerprint density at radius 2 is 2.20 bits per heavy atom. The van der Waals surface area contributed by atoms with E-state index in [0.717, 1.165) is 5.56 Å².